The third-order valence-electron chi connectivity index (χ3n) is 3.44. The number of halogens is 3. The minimum atomic E-state index is -4.27. The Balaban J connectivity index is 1.94. The van der Waals surface area contributed by atoms with Gasteiger partial charge in [0.05, 0.1) is 11.2 Å². The van der Waals surface area contributed by atoms with E-state index in [9.17, 15) is 18.3 Å². The van der Waals surface area contributed by atoms with Gasteiger partial charge in [-0.25, -0.2) is 0 Å². The molecule has 0 aromatic heterocycles. The molecule has 0 bridgehead atoms. The van der Waals surface area contributed by atoms with Crippen LogP contribution in [0.25, 0.3) is 0 Å². The zero-order chi connectivity index (χ0) is 12.5. The highest BCUT2D eigenvalue weighted by atomic mass is 19.4. The van der Waals surface area contributed by atoms with E-state index >= 15 is 0 Å². The first kappa shape index (κ1) is 12.4. The molecule has 1 aliphatic rings. The van der Waals surface area contributed by atoms with Crippen molar-refractivity contribution in [2.75, 3.05) is 0 Å². The van der Waals surface area contributed by atoms with Crippen molar-refractivity contribution in [1.82, 2.24) is 0 Å². The predicted octanol–water partition coefficient (Wildman–Crippen LogP) is 3.55. The SMILES string of the molecule is OC1(CCc2ccc(C(F)(F)F)cc2)CCC1. The third-order valence-corrected chi connectivity index (χ3v) is 3.44. The van der Waals surface area contributed by atoms with Gasteiger partial charge in [0, 0.05) is 0 Å². The molecule has 17 heavy (non-hydrogen) atoms. The molecule has 0 radical (unpaired) electrons. The molecule has 0 spiro atoms. The van der Waals surface area contributed by atoms with Gasteiger partial charge in [-0.1, -0.05) is 12.1 Å². The normalized spacial score (nSPS) is 18.8. The van der Waals surface area contributed by atoms with Gasteiger partial charge in [0.2, 0.25) is 0 Å². The van der Waals surface area contributed by atoms with Crippen molar-refractivity contribution in [3.63, 3.8) is 0 Å². The fraction of sp³-hybridized carbons (Fsp3) is 0.538. The number of hydrogen-bond donors (Lipinski definition) is 1. The molecule has 1 N–H and O–H groups in total. The summed E-state index contributed by atoms with van der Waals surface area (Å²) < 4.78 is 37.0. The maximum absolute atomic E-state index is 12.3. The molecule has 4 heteroatoms. The van der Waals surface area contributed by atoms with Gasteiger partial charge < -0.3 is 5.11 Å². The van der Waals surface area contributed by atoms with E-state index in [-0.39, 0.29) is 0 Å². The molecule has 1 nitrogen and oxygen atoms in total. The molecule has 1 aromatic carbocycles. The lowest BCUT2D eigenvalue weighted by atomic mass is 9.76. The molecule has 1 fully saturated rings. The molecule has 1 aliphatic carbocycles. The Hall–Kier alpha value is -1.03. The second-order valence-electron chi connectivity index (χ2n) is 4.77. The summed E-state index contributed by atoms with van der Waals surface area (Å²) in [7, 11) is 0. The molecule has 2 rings (SSSR count). The number of aryl methyl sites for hydroxylation is 1. The van der Waals surface area contributed by atoms with E-state index in [2.05, 4.69) is 0 Å². The summed E-state index contributed by atoms with van der Waals surface area (Å²) in [6, 6.07) is 5.18. The zero-order valence-corrected chi connectivity index (χ0v) is 9.43. The smallest absolute Gasteiger partial charge is 0.390 e. The van der Waals surface area contributed by atoms with Crippen LogP contribution in [0.15, 0.2) is 24.3 Å². The molecular weight excluding hydrogens is 229 g/mol. The highest BCUT2D eigenvalue weighted by Crippen LogP contribution is 2.35. The molecule has 0 atom stereocenters. The van der Waals surface area contributed by atoms with E-state index in [1.54, 1.807) is 0 Å². The highest BCUT2D eigenvalue weighted by molar-refractivity contribution is 5.24. The van der Waals surface area contributed by atoms with E-state index in [0.717, 1.165) is 37.0 Å². The third kappa shape index (κ3) is 3.00. The van der Waals surface area contributed by atoms with Gasteiger partial charge in [0.25, 0.3) is 0 Å². The molecule has 1 saturated carbocycles. The van der Waals surface area contributed by atoms with E-state index in [4.69, 9.17) is 0 Å². The average Bonchev–Trinajstić information content (AvgIpc) is 2.23. The Morgan fingerprint density at radius 2 is 1.71 bits per heavy atom. The fourth-order valence-electron chi connectivity index (χ4n) is 2.07. The van der Waals surface area contributed by atoms with E-state index in [0.29, 0.717) is 12.8 Å². The highest BCUT2D eigenvalue weighted by Gasteiger charge is 2.34. The van der Waals surface area contributed by atoms with Gasteiger partial charge in [0.1, 0.15) is 0 Å². The Bertz CT molecular complexity index is 377. The summed E-state index contributed by atoms with van der Waals surface area (Å²) in [5.74, 6) is 0. The van der Waals surface area contributed by atoms with Crippen molar-refractivity contribution in [2.45, 2.75) is 43.9 Å². The van der Waals surface area contributed by atoms with Gasteiger partial charge >= 0.3 is 6.18 Å². The van der Waals surface area contributed by atoms with Crippen molar-refractivity contribution in [3.05, 3.63) is 35.4 Å². The molecule has 0 aliphatic heterocycles. The second kappa shape index (κ2) is 4.33. The predicted molar refractivity (Wildman–Crippen MR) is 58.6 cm³/mol. The van der Waals surface area contributed by atoms with Crippen molar-refractivity contribution in [3.8, 4) is 0 Å². The monoisotopic (exact) mass is 244 g/mol. The van der Waals surface area contributed by atoms with Crippen LogP contribution >= 0.6 is 0 Å². The van der Waals surface area contributed by atoms with Crippen LogP contribution in [0.3, 0.4) is 0 Å². The first-order chi connectivity index (χ1) is 7.89. The van der Waals surface area contributed by atoms with Crippen molar-refractivity contribution >= 4 is 0 Å². The van der Waals surface area contributed by atoms with E-state index in [1.165, 1.54) is 12.1 Å². The van der Waals surface area contributed by atoms with Gasteiger partial charge in [-0.05, 0) is 49.8 Å². The van der Waals surface area contributed by atoms with Gasteiger partial charge in [-0.3, -0.25) is 0 Å². The fourth-order valence-corrected chi connectivity index (χ4v) is 2.07. The average molecular weight is 244 g/mol. The van der Waals surface area contributed by atoms with Crippen LogP contribution in [0.1, 0.15) is 36.8 Å². The summed E-state index contributed by atoms with van der Waals surface area (Å²) >= 11 is 0. The summed E-state index contributed by atoms with van der Waals surface area (Å²) in [6.07, 6.45) is -0.331. The molecule has 0 heterocycles. The minimum absolute atomic E-state index is 0.567. The maximum atomic E-state index is 12.3. The molecule has 1 aromatic rings. The first-order valence-corrected chi connectivity index (χ1v) is 5.78. The van der Waals surface area contributed by atoms with Crippen molar-refractivity contribution in [2.24, 2.45) is 0 Å². The lowest BCUT2D eigenvalue weighted by Gasteiger charge is -2.36. The lowest BCUT2D eigenvalue weighted by molar-refractivity contribution is -0.137. The van der Waals surface area contributed by atoms with Gasteiger partial charge in [0.15, 0.2) is 0 Å². The maximum Gasteiger partial charge on any atom is 0.416 e. The molecular formula is C13H15F3O. The Morgan fingerprint density at radius 3 is 2.12 bits per heavy atom. The Labute approximate surface area is 98.3 Å². The number of hydrogen-bond acceptors (Lipinski definition) is 1. The number of benzene rings is 1. The number of aliphatic hydroxyl groups is 1. The van der Waals surface area contributed by atoms with E-state index < -0.39 is 17.3 Å². The molecule has 0 amide bonds. The quantitative estimate of drug-likeness (QED) is 0.862. The zero-order valence-electron chi connectivity index (χ0n) is 9.43. The summed E-state index contributed by atoms with van der Waals surface area (Å²) in [6.45, 7) is 0. The standard InChI is InChI=1S/C13H15F3O/c14-13(15,16)11-4-2-10(3-5-11)6-9-12(17)7-1-8-12/h2-5,17H,1,6-9H2. The van der Waals surface area contributed by atoms with Crippen LogP contribution in [-0.4, -0.2) is 10.7 Å². The van der Waals surface area contributed by atoms with Crippen LogP contribution in [0.4, 0.5) is 13.2 Å². The van der Waals surface area contributed by atoms with Crippen LogP contribution in [0, 0.1) is 0 Å². The first-order valence-electron chi connectivity index (χ1n) is 5.78. The van der Waals surface area contributed by atoms with E-state index in [1.807, 2.05) is 0 Å². The van der Waals surface area contributed by atoms with Crippen LogP contribution < -0.4 is 0 Å². The topological polar surface area (TPSA) is 20.2 Å². The number of alkyl halides is 3. The Morgan fingerprint density at radius 1 is 1.12 bits per heavy atom. The summed E-state index contributed by atoms with van der Waals surface area (Å²) in [4.78, 5) is 0. The van der Waals surface area contributed by atoms with Crippen molar-refractivity contribution < 1.29 is 18.3 Å². The summed E-state index contributed by atoms with van der Waals surface area (Å²) in [5.41, 5.74) is -0.343. The van der Waals surface area contributed by atoms with Gasteiger partial charge in [-0.15, -0.1) is 0 Å². The number of rotatable bonds is 3. The summed E-state index contributed by atoms with van der Waals surface area (Å²) in [5, 5.41) is 9.88. The minimum Gasteiger partial charge on any atom is -0.390 e. The van der Waals surface area contributed by atoms with Crippen LogP contribution in [0.5, 0.6) is 0 Å². The Kier molecular flexibility index (Phi) is 3.17. The van der Waals surface area contributed by atoms with Gasteiger partial charge in [-0.2, -0.15) is 13.2 Å². The molecule has 94 valence electrons. The largest absolute Gasteiger partial charge is 0.416 e. The van der Waals surface area contributed by atoms with Crippen LogP contribution in [0.2, 0.25) is 0 Å². The lowest BCUT2D eigenvalue weighted by Crippen LogP contribution is -2.37. The molecule has 0 saturated heterocycles. The van der Waals surface area contributed by atoms with Crippen LogP contribution in [-0.2, 0) is 12.6 Å². The molecule has 0 unspecified atom stereocenters. The second-order valence-corrected chi connectivity index (χ2v) is 4.77. The van der Waals surface area contributed by atoms with Crippen molar-refractivity contribution in [1.29, 1.82) is 0 Å².